The molecule has 0 amide bonds. The van der Waals surface area contributed by atoms with Crippen molar-refractivity contribution in [2.75, 3.05) is 6.54 Å². The molecule has 2 rings (SSSR count). The van der Waals surface area contributed by atoms with Gasteiger partial charge in [-0.05, 0) is 25.5 Å². The maximum absolute atomic E-state index is 4.29. The zero-order chi connectivity index (χ0) is 7.68. The standard InChI is InChI=1S/C8H13N3/c1-7-5-10-11-4-2-3-9-6-8(7)11/h5,9H,2-4,6H2,1H3. The van der Waals surface area contributed by atoms with Crippen LogP contribution in [0.2, 0.25) is 0 Å². The van der Waals surface area contributed by atoms with Crippen LogP contribution in [0.5, 0.6) is 0 Å². The van der Waals surface area contributed by atoms with Gasteiger partial charge in [-0.1, -0.05) is 0 Å². The molecule has 3 nitrogen and oxygen atoms in total. The quantitative estimate of drug-likeness (QED) is 0.591. The Morgan fingerprint density at radius 1 is 1.64 bits per heavy atom. The summed E-state index contributed by atoms with van der Waals surface area (Å²) in [5.41, 5.74) is 2.65. The third-order valence-corrected chi connectivity index (χ3v) is 2.17. The second-order valence-corrected chi connectivity index (χ2v) is 3.03. The van der Waals surface area contributed by atoms with Crippen molar-refractivity contribution in [1.29, 1.82) is 0 Å². The first-order valence-electron chi connectivity index (χ1n) is 4.10. The molecule has 0 saturated carbocycles. The second-order valence-electron chi connectivity index (χ2n) is 3.03. The zero-order valence-electron chi connectivity index (χ0n) is 6.80. The maximum atomic E-state index is 4.29. The molecule has 0 spiro atoms. The minimum absolute atomic E-state index is 0.978. The third-order valence-electron chi connectivity index (χ3n) is 2.17. The predicted octanol–water partition coefficient (Wildman–Crippen LogP) is 0.685. The van der Waals surface area contributed by atoms with Crippen LogP contribution >= 0.6 is 0 Å². The molecule has 0 unspecified atom stereocenters. The highest BCUT2D eigenvalue weighted by Crippen LogP contribution is 2.09. The smallest absolute Gasteiger partial charge is 0.0551 e. The van der Waals surface area contributed by atoms with Gasteiger partial charge >= 0.3 is 0 Å². The van der Waals surface area contributed by atoms with Crippen LogP contribution in [0.1, 0.15) is 17.7 Å². The first-order chi connectivity index (χ1) is 5.38. The molecule has 1 N–H and O–H groups in total. The summed E-state index contributed by atoms with van der Waals surface area (Å²) in [5.74, 6) is 0. The van der Waals surface area contributed by atoms with Gasteiger partial charge < -0.3 is 5.32 Å². The summed E-state index contributed by atoms with van der Waals surface area (Å²) in [6.07, 6.45) is 3.14. The van der Waals surface area contributed by atoms with Crippen molar-refractivity contribution in [3.63, 3.8) is 0 Å². The molecule has 0 radical (unpaired) electrons. The summed E-state index contributed by atoms with van der Waals surface area (Å²) >= 11 is 0. The normalized spacial score (nSPS) is 17.5. The first kappa shape index (κ1) is 6.85. The molecule has 1 aromatic heterocycles. The van der Waals surface area contributed by atoms with Crippen molar-refractivity contribution >= 4 is 0 Å². The highest BCUT2D eigenvalue weighted by Gasteiger charge is 2.09. The van der Waals surface area contributed by atoms with E-state index >= 15 is 0 Å². The summed E-state index contributed by atoms with van der Waals surface area (Å²) in [6.45, 7) is 5.27. The molecule has 1 aromatic rings. The molecule has 60 valence electrons. The second kappa shape index (κ2) is 2.66. The molecule has 0 aliphatic carbocycles. The summed E-state index contributed by atoms with van der Waals surface area (Å²) < 4.78 is 2.11. The highest BCUT2D eigenvalue weighted by atomic mass is 15.3. The lowest BCUT2D eigenvalue weighted by Crippen LogP contribution is -2.12. The maximum Gasteiger partial charge on any atom is 0.0551 e. The fourth-order valence-corrected chi connectivity index (χ4v) is 1.49. The number of fused-ring (bicyclic) bond motifs is 1. The monoisotopic (exact) mass is 151 g/mol. The summed E-state index contributed by atoms with van der Waals surface area (Å²) in [4.78, 5) is 0. The van der Waals surface area contributed by atoms with Crippen LogP contribution in [0, 0.1) is 6.92 Å². The predicted molar refractivity (Wildman–Crippen MR) is 43.3 cm³/mol. The van der Waals surface area contributed by atoms with E-state index in [0.717, 1.165) is 19.6 Å². The molecular weight excluding hydrogens is 138 g/mol. The molecule has 2 heterocycles. The Balaban J connectivity index is 2.35. The average Bonchev–Trinajstić information content (AvgIpc) is 2.25. The number of aryl methyl sites for hydroxylation is 2. The largest absolute Gasteiger partial charge is 0.311 e. The van der Waals surface area contributed by atoms with Crippen LogP contribution in [0.3, 0.4) is 0 Å². The van der Waals surface area contributed by atoms with Gasteiger partial charge in [-0.25, -0.2) is 0 Å². The van der Waals surface area contributed by atoms with E-state index in [4.69, 9.17) is 0 Å². The van der Waals surface area contributed by atoms with Crippen molar-refractivity contribution in [3.8, 4) is 0 Å². The molecule has 1 aliphatic rings. The van der Waals surface area contributed by atoms with Crippen molar-refractivity contribution in [1.82, 2.24) is 15.1 Å². The lowest BCUT2D eigenvalue weighted by molar-refractivity contribution is 0.587. The van der Waals surface area contributed by atoms with Gasteiger partial charge in [0.2, 0.25) is 0 Å². The van der Waals surface area contributed by atoms with Gasteiger partial charge in [0, 0.05) is 13.1 Å². The van der Waals surface area contributed by atoms with E-state index in [1.807, 2.05) is 6.20 Å². The zero-order valence-corrected chi connectivity index (χ0v) is 6.80. The minimum Gasteiger partial charge on any atom is -0.311 e. The molecule has 11 heavy (non-hydrogen) atoms. The van der Waals surface area contributed by atoms with Crippen LogP contribution in [0.4, 0.5) is 0 Å². The van der Waals surface area contributed by atoms with Crippen molar-refractivity contribution in [2.45, 2.75) is 26.4 Å². The fourth-order valence-electron chi connectivity index (χ4n) is 1.49. The Morgan fingerprint density at radius 2 is 2.55 bits per heavy atom. The molecule has 0 bridgehead atoms. The number of rotatable bonds is 0. The van der Waals surface area contributed by atoms with Crippen LogP contribution in [-0.2, 0) is 13.1 Å². The topological polar surface area (TPSA) is 29.9 Å². The van der Waals surface area contributed by atoms with E-state index < -0.39 is 0 Å². The van der Waals surface area contributed by atoms with Gasteiger partial charge in [0.25, 0.3) is 0 Å². The Hall–Kier alpha value is -0.830. The number of aromatic nitrogens is 2. The van der Waals surface area contributed by atoms with Crippen molar-refractivity contribution < 1.29 is 0 Å². The summed E-state index contributed by atoms with van der Waals surface area (Å²) in [7, 11) is 0. The number of hydrogen-bond acceptors (Lipinski definition) is 2. The molecule has 0 fully saturated rings. The molecule has 0 saturated heterocycles. The van der Waals surface area contributed by atoms with Gasteiger partial charge in [-0.2, -0.15) is 5.10 Å². The molecule has 0 atom stereocenters. The number of hydrogen-bond donors (Lipinski definition) is 1. The Morgan fingerprint density at radius 3 is 3.45 bits per heavy atom. The van der Waals surface area contributed by atoms with E-state index in [0.29, 0.717) is 0 Å². The van der Waals surface area contributed by atoms with Crippen LogP contribution in [0.25, 0.3) is 0 Å². The number of nitrogens with one attached hydrogen (secondary N) is 1. The van der Waals surface area contributed by atoms with Crippen molar-refractivity contribution in [3.05, 3.63) is 17.5 Å². The van der Waals surface area contributed by atoms with E-state index in [2.05, 4.69) is 22.0 Å². The fraction of sp³-hybridized carbons (Fsp3) is 0.625. The minimum atomic E-state index is 0.978. The lowest BCUT2D eigenvalue weighted by atomic mass is 10.3. The van der Waals surface area contributed by atoms with Crippen molar-refractivity contribution in [2.24, 2.45) is 0 Å². The lowest BCUT2D eigenvalue weighted by Gasteiger charge is -2.00. The Labute approximate surface area is 66.4 Å². The van der Waals surface area contributed by atoms with Gasteiger partial charge in [0.05, 0.1) is 11.9 Å². The van der Waals surface area contributed by atoms with Crippen LogP contribution < -0.4 is 5.32 Å². The molecular formula is C8H13N3. The summed E-state index contributed by atoms with van der Waals surface area (Å²) in [6, 6.07) is 0. The van der Waals surface area contributed by atoms with Gasteiger partial charge in [0.1, 0.15) is 0 Å². The number of nitrogens with zero attached hydrogens (tertiary/aromatic N) is 2. The SMILES string of the molecule is Cc1cnn2c1CNCCC2. The van der Waals surface area contributed by atoms with E-state index in [-0.39, 0.29) is 0 Å². The Kier molecular flexibility index (Phi) is 1.66. The molecule has 3 heteroatoms. The average molecular weight is 151 g/mol. The van der Waals surface area contributed by atoms with Crippen LogP contribution in [-0.4, -0.2) is 16.3 Å². The third kappa shape index (κ3) is 1.16. The van der Waals surface area contributed by atoms with E-state index in [1.165, 1.54) is 17.7 Å². The molecule has 0 aromatic carbocycles. The van der Waals surface area contributed by atoms with E-state index in [9.17, 15) is 0 Å². The van der Waals surface area contributed by atoms with Gasteiger partial charge in [-0.15, -0.1) is 0 Å². The first-order valence-corrected chi connectivity index (χ1v) is 4.10. The summed E-state index contributed by atoms with van der Waals surface area (Å²) in [5, 5.41) is 7.66. The van der Waals surface area contributed by atoms with Gasteiger partial charge in [0.15, 0.2) is 0 Å². The highest BCUT2D eigenvalue weighted by molar-refractivity contribution is 5.15. The van der Waals surface area contributed by atoms with Crippen LogP contribution in [0.15, 0.2) is 6.20 Å². The van der Waals surface area contributed by atoms with Gasteiger partial charge in [-0.3, -0.25) is 4.68 Å². The Bertz CT molecular complexity index is 252. The van der Waals surface area contributed by atoms with E-state index in [1.54, 1.807) is 0 Å². The molecule has 1 aliphatic heterocycles.